The molecule has 0 aliphatic heterocycles. The van der Waals surface area contributed by atoms with E-state index in [-0.39, 0.29) is 11.7 Å². The van der Waals surface area contributed by atoms with Crippen LogP contribution in [-0.2, 0) is 6.54 Å². The second kappa shape index (κ2) is 7.74. The van der Waals surface area contributed by atoms with Crippen LogP contribution in [0, 0.1) is 0 Å². The van der Waals surface area contributed by atoms with Gasteiger partial charge in [-0.15, -0.1) is 0 Å². The number of anilines is 1. The fourth-order valence-electron chi connectivity index (χ4n) is 3.60. The van der Waals surface area contributed by atoms with Gasteiger partial charge in [-0.2, -0.15) is 0 Å². The van der Waals surface area contributed by atoms with E-state index in [1.165, 1.54) is 0 Å². The number of benzene rings is 3. The zero-order valence-electron chi connectivity index (χ0n) is 16.4. The molecule has 0 unspecified atom stereocenters. The normalized spacial score (nSPS) is 11.1. The Kier molecular flexibility index (Phi) is 4.76. The van der Waals surface area contributed by atoms with Crippen molar-refractivity contribution in [2.75, 3.05) is 5.73 Å². The summed E-state index contributed by atoms with van der Waals surface area (Å²) in [5.74, 6) is -0.0261. The lowest BCUT2D eigenvalue weighted by molar-refractivity contribution is 0.0953. The van der Waals surface area contributed by atoms with E-state index >= 15 is 0 Å². The number of nitrogens with two attached hydrogens (primary N) is 1. The number of carbonyl (C=O) groups is 1. The highest BCUT2D eigenvalue weighted by molar-refractivity contribution is 6.30. The zero-order valence-corrected chi connectivity index (χ0v) is 17.2. The number of nitrogen functional groups attached to an aromatic ring is 1. The van der Waals surface area contributed by atoms with E-state index in [1.807, 2.05) is 66.7 Å². The number of nitrogens with zero attached hydrogens (tertiary/aromatic N) is 3. The van der Waals surface area contributed by atoms with Gasteiger partial charge in [0, 0.05) is 17.3 Å². The topological polar surface area (TPSA) is 85.8 Å². The van der Waals surface area contributed by atoms with Gasteiger partial charge in [0.05, 0.1) is 11.0 Å². The maximum absolute atomic E-state index is 13.2. The summed E-state index contributed by atoms with van der Waals surface area (Å²) in [5, 5.41) is 3.56. The van der Waals surface area contributed by atoms with Gasteiger partial charge in [0.1, 0.15) is 16.9 Å². The predicted molar refractivity (Wildman–Crippen MR) is 123 cm³/mol. The Hall–Kier alpha value is -3.90. The van der Waals surface area contributed by atoms with Gasteiger partial charge in [0.25, 0.3) is 5.91 Å². The molecule has 6 nitrogen and oxygen atoms in total. The van der Waals surface area contributed by atoms with Crippen LogP contribution in [0.3, 0.4) is 0 Å². The summed E-state index contributed by atoms with van der Waals surface area (Å²) in [6.45, 7) is 0.383. The lowest BCUT2D eigenvalue weighted by Gasteiger charge is -2.08. The molecule has 0 saturated carbocycles. The van der Waals surface area contributed by atoms with Crippen LogP contribution in [0.25, 0.3) is 27.9 Å². The van der Waals surface area contributed by atoms with Crippen molar-refractivity contribution >= 4 is 45.5 Å². The van der Waals surface area contributed by atoms with Crippen molar-refractivity contribution in [3.05, 3.63) is 95.0 Å². The molecule has 0 aliphatic carbocycles. The average Bonchev–Trinajstić information content (AvgIpc) is 3.08. The molecule has 3 aromatic carbocycles. The highest BCUT2D eigenvalue weighted by Crippen LogP contribution is 2.31. The van der Waals surface area contributed by atoms with Gasteiger partial charge in [-0.1, -0.05) is 54.1 Å². The number of amides is 1. The molecule has 152 valence electrons. The van der Waals surface area contributed by atoms with Crippen LogP contribution in [0.2, 0.25) is 5.02 Å². The Balaban J connectivity index is 1.67. The molecule has 0 bridgehead atoms. The molecule has 0 radical (unpaired) electrons. The Morgan fingerprint density at radius 3 is 2.26 bits per heavy atom. The predicted octanol–water partition coefficient (Wildman–Crippen LogP) is 4.74. The van der Waals surface area contributed by atoms with Gasteiger partial charge in [0.2, 0.25) is 0 Å². The molecule has 2 aromatic heterocycles. The fraction of sp³-hybridized carbons (Fsp3) is 0.0417. The molecule has 5 aromatic rings. The van der Waals surface area contributed by atoms with E-state index in [0.29, 0.717) is 33.8 Å². The van der Waals surface area contributed by atoms with E-state index in [9.17, 15) is 4.79 Å². The first-order chi connectivity index (χ1) is 15.1. The number of halogens is 1. The largest absolute Gasteiger partial charge is 0.384 e. The maximum Gasteiger partial charge on any atom is 0.257 e. The number of nitrogens with one attached hydrogen (secondary N) is 1. The van der Waals surface area contributed by atoms with Crippen LogP contribution in [0.5, 0.6) is 0 Å². The number of para-hydroxylation sites is 2. The van der Waals surface area contributed by atoms with Gasteiger partial charge >= 0.3 is 0 Å². The SMILES string of the molecule is Nc1c(C(=O)NCc2ccccc2)c2nc3ccccc3nc2n1-c1ccc(Cl)cc1. The van der Waals surface area contributed by atoms with E-state index in [4.69, 9.17) is 27.3 Å². The molecular weight excluding hydrogens is 410 g/mol. The number of fused-ring (bicyclic) bond motifs is 2. The van der Waals surface area contributed by atoms with E-state index in [0.717, 1.165) is 16.8 Å². The van der Waals surface area contributed by atoms with E-state index < -0.39 is 0 Å². The molecule has 0 spiro atoms. The van der Waals surface area contributed by atoms with Crippen LogP contribution < -0.4 is 11.1 Å². The summed E-state index contributed by atoms with van der Waals surface area (Å²) in [4.78, 5) is 22.7. The molecular formula is C24H18ClN5O. The van der Waals surface area contributed by atoms with Crippen molar-refractivity contribution in [2.24, 2.45) is 0 Å². The lowest BCUT2D eigenvalue weighted by Crippen LogP contribution is -2.23. The molecule has 7 heteroatoms. The highest BCUT2D eigenvalue weighted by Gasteiger charge is 2.24. The fourth-order valence-corrected chi connectivity index (χ4v) is 3.73. The Bertz CT molecular complexity index is 1410. The molecule has 0 aliphatic rings. The molecule has 0 saturated heterocycles. The second-order valence-corrected chi connectivity index (χ2v) is 7.56. The smallest absolute Gasteiger partial charge is 0.257 e. The molecule has 1 amide bonds. The third kappa shape index (κ3) is 3.47. The van der Waals surface area contributed by atoms with Crippen LogP contribution in [0.1, 0.15) is 15.9 Å². The van der Waals surface area contributed by atoms with Crippen molar-refractivity contribution in [3.8, 4) is 5.69 Å². The second-order valence-electron chi connectivity index (χ2n) is 7.12. The summed E-state index contributed by atoms with van der Waals surface area (Å²) in [7, 11) is 0. The molecule has 3 N–H and O–H groups in total. The van der Waals surface area contributed by atoms with Crippen molar-refractivity contribution in [3.63, 3.8) is 0 Å². The van der Waals surface area contributed by atoms with E-state index in [1.54, 1.807) is 16.7 Å². The molecule has 2 heterocycles. The van der Waals surface area contributed by atoms with Gasteiger partial charge < -0.3 is 11.1 Å². The standard InChI is InChI=1S/C24H18ClN5O/c25-16-10-12-17(13-11-16)30-22(26)20(24(31)27-14-15-6-2-1-3-7-15)21-23(30)29-19-9-5-4-8-18(19)28-21/h1-13H,14,26H2,(H,27,31). The minimum Gasteiger partial charge on any atom is -0.384 e. The zero-order chi connectivity index (χ0) is 21.4. The number of hydrogen-bond acceptors (Lipinski definition) is 4. The van der Waals surface area contributed by atoms with Crippen molar-refractivity contribution < 1.29 is 4.79 Å². The van der Waals surface area contributed by atoms with Crippen LogP contribution >= 0.6 is 11.6 Å². The van der Waals surface area contributed by atoms with E-state index in [2.05, 4.69) is 5.32 Å². The van der Waals surface area contributed by atoms with Crippen LogP contribution in [0.15, 0.2) is 78.9 Å². The summed E-state index contributed by atoms with van der Waals surface area (Å²) in [6.07, 6.45) is 0. The molecule has 5 rings (SSSR count). The monoisotopic (exact) mass is 427 g/mol. The first kappa shape index (κ1) is 19.1. The third-order valence-electron chi connectivity index (χ3n) is 5.11. The number of aromatic nitrogens is 3. The number of hydrogen-bond donors (Lipinski definition) is 2. The Morgan fingerprint density at radius 2 is 1.55 bits per heavy atom. The molecule has 31 heavy (non-hydrogen) atoms. The highest BCUT2D eigenvalue weighted by atomic mass is 35.5. The summed E-state index contributed by atoms with van der Waals surface area (Å²) < 4.78 is 1.74. The van der Waals surface area contributed by atoms with Crippen molar-refractivity contribution in [1.29, 1.82) is 0 Å². The maximum atomic E-state index is 13.2. The molecule has 0 fully saturated rings. The average molecular weight is 428 g/mol. The van der Waals surface area contributed by atoms with Gasteiger partial charge in [-0.3, -0.25) is 9.36 Å². The number of carbonyl (C=O) groups excluding carboxylic acids is 1. The van der Waals surface area contributed by atoms with Gasteiger partial charge in [-0.05, 0) is 42.0 Å². The Morgan fingerprint density at radius 1 is 0.903 bits per heavy atom. The summed E-state index contributed by atoms with van der Waals surface area (Å²) in [6, 6.07) is 24.4. The summed E-state index contributed by atoms with van der Waals surface area (Å²) >= 11 is 6.06. The summed E-state index contributed by atoms with van der Waals surface area (Å²) in [5.41, 5.74) is 10.9. The first-order valence-electron chi connectivity index (χ1n) is 9.76. The minimum atomic E-state index is -0.302. The quantitative estimate of drug-likeness (QED) is 0.433. The van der Waals surface area contributed by atoms with Crippen molar-refractivity contribution in [1.82, 2.24) is 19.9 Å². The third-order valence-corrected chi connectivity index (χ3v) is 5.36. The van der Waals surface area contributed by atoms with Gasteiger partial charge in [-0.25, -0.2) is 9.97 Å². The lowest BCUT2D eigenvalue weighted by atomic mass is 10.2. The minimum absolute atomic E-state index is 0.276. The first-order valence-corrected chi connectivity index (χ1v) is 10.1. The van der Waals surface area contributed by atoms with Crippen molar-refractivity contribution in [2.45, 2.75) is 6.54 Å². The molecule has 0 atom stereocenters. The van der Waals surface area contributed by atoms with Crippen LogP contribution in [-0.4, -0.2) is 20.4 Å². The van der Waals surface area contributed by atoms with Gasteiger partial charge in [0.15, 0.2) is 5.65 Å². The number of rotatable bonds is 4. The Labute approximate surface area is 183 Å². The van der Waals surface area contributed by atoms with Crippen LogP contribution in [0.4, 0.5) is 5.82 Å².